The molecule has 2 aliphatic carbocycles. The Labute approximate surface area is 309 Å². The van der Waals surface area contributed by atoms with Gasteiger partial charge in [-0.1, -0.05) is 134 Å². The predicted octanol–water partition coefficient (Wildman–Crippen LogP) is 8.34. The number of carbonyl (C=O) groups is 5. The van der Waals surface area contributed by atoms with Gasteiger partial charge in [-0.25, -0.2) is 4.79 Å². The van der Waals surface area contributed by atoms with Crippen molar-refractivity contribution in [2.45, 2.75) is 204 Å². The van der Waals surface area contributed by atoms with Gasteiger partial charge in [-0.2, -0.15) is 0 Å². The smallest absolute Gasteiger partial charge is 0.315 e. The first-order chi connectivity index (χ1) is 23.7. The number of amides is 4. The highest BCUT2D eigenvalue weighted by Crippen LogP contribution is 2.31. The highest BCUT2D eigenvalue weighted by atomic mass is 16.2. The number of urea groups is 1. The monoisotopic (exact) mass is 714 g/mol. The van der Waals surface area contributed by atoms with Crippen molar-refractivity contribution in [3.05, 3.63) is 0 Å². The van der Waals surface area contributed by atoms with E-state index in [2.05, 4.69) is 49.4 Å². The van der Waals surface area contributed by atoms with Gasteiger partial charge in [-0.15, -0.1) is 0 Å². The normalized spacial score (nSPS) is 16.1. The Morgan fingerprint density at radius 2 is 1.32 bits per heavy atom. The van der Waals surface area contributed by atoms with Crippen molar-refractivity contribution in [2.75, 3.05) is 13.6 Å². The Morgan fingerprint density at radius 1 is 0.840 bits per heavy atom. The molecule has 0 radical (unpaired) electrons. The summed E-state index contributed by atoms with van der Waals surface area (Å²) >= 11 is 0. The second kappa shape index (κ2) is 32.4. The van der Waals surface area contributed by atoms with Crippen LogP contribution in [0.25, 0.3) is 0 Å². The molecule has 0 heterocycles. The zero-order valence-electron chi connectivity index (χ0n) is 35.4. The second-order valence-electron chi connectivity index (χ2n) is 13.6. The molecule has 2 aliphatic rings. The molecule has 50 heavy (non-hydrogen) atoms. The summed E-state index contributed by atoms with van der Waals surface area (Å²) in [6.07, 6.45) is 12.3. The summed E-state index contributed by atoms with van der Waals surface area (Å²) in [6.45, 7) is 28.3. The maximum Gasteiger partial charge on any atom is 0.315 e. The van der Waals surface area contributed by atoms with E-state index in [1.165, 1.54) is 24.8 Å². The fraction of sp³-hybridized carbons (Fsp3) is 0.875. The van der Waals surface area contributed by atoms with Crippen LogP contribution in [0, 0.1) is 11.3 Å². The van der Waals surface area contributed by atoms with Crippen molar-refractivity contribution >= 4 is 29.9 Å². The summed E-state index contributed by atoms with van der Waals surface area (Å²) in [5, 5.41) is 8.82. The number of carbonyl (C=O) groups excluding carboxylic acids is 5. The molecule has 3 unspecified atom stereocenters. The molecule has 0 bridgehead atoms. The summed E-state index contributed by atoms with van der Waals surface area (Å²) in [7, 11) is 1.50. The Morgan fingerprint density at radius 3 is 1.68 bits per heavy atom. The number of nitrogens with zero attached hydrogens (tertiary/aromatic N) is 1. The summed E-state index contributed by atoms with van der Waals surface area (Å²) in [4.78, 5) is 65.5. The van der Waals surface area contributed by atoms with Crippen LogP contribution in [0.4, 0.5) is 4.79 Å². The fourth-order valence-corrected chi connectivity index (χ4v) is 5.59. The molecule has 2 saturated carbocycles. The molecule has 0 aliphatic heterocycles. The summed E-state index contributed by atoms with van der Waals surface area (Å²) in [5.41, 5.74) is 3.63. The Kier molecular flexibility index (Phi) is 35.2. The van der Waals surface area contributed by atoms with E-state index in [9.17, 15) is 24.0 Å². The molecule has 0 aromatic carbocycles. The van der Waals surface area contributed by atoms with Gasteiger partial charge in [0.15, 0.2) is 6.29 Å². The fourth-order valence-electron chi connectivity index (χ4n) is 5.59. The Hall–Kier alpha value is -2.49. The average molecular weight is 714 g/mol. The van der Waals surface area contributed by atoms with Crippen LogP contribution < -0.4 is 21.7 Å². The zero-order valence-corrected chi connectivity index (χ0v) is 35.4. The summed E-state index contributed by atoms with van der Waals surface area (Å²) in [6, 6.07) is -2.92. The van der Waals surface area contributed by atoms with Crippen LogP contribution in [0.1, 0.15) is 180 Å². The van der Waals surface area contributed by atoms with Gasteiger partial charge < -0.3 is 26.6 Å². The van der Waals surface area contributed by atoms with E-state index in [1.807, 2.05) is 62.3 Å². The highest BCUT2D eigenvalue weighted by Gasteiger charge is 2.42. The lowest BCUT2D eigenvalue weighted by molar-refractivity contribution is -0.145. The van der Waals surface area contributed by atoms with E-state index in [0.717, 1.165) is 51.4 Å². The molecule has 3 atom stereocenters. The number of hydrogen-bond donors (Lipinski definition) is 4. The summed E-state index contributed by atoms with van der Waals surface area (Å²) in [5.74, 6) is -1.11. The highest BCUT2D eigenvalue weighted by molar-refractivity contribution is 6.28. The minimum Gasteiger partial charge on any atom is -0.344 e. The molecule has 10 heteroatoms. The SMILES string of the molecule is CC.CC.CCC.CCC.CCC(C(=O)NC(CC1CCC1)C(=O)C=O)N(CC)C(=O)C(NC(=O)NC1(C)CCCCC1)C(C)(C)CC.CN. The number of nitrogens with two attached hydrogens (primary N) is 1. The van der Waals surface area contributed by atoms with E-state index in [0.29, 0.717) is 25.2 Å². The van der Waals surface area contributed by atoms with Crippen molar-refractivity contribution in [2.24, 2.45) is 17.1 Å². The lowest BCUT2D eigenvalue weighted by Crippen LogP contribution is -2.63. The third kappa shape index (κ3) is 21.0. The number of hydrogen-bond acceptors (Lipinski definition) is 6. The van der Waals surface area contributed by atoms with E-state index < -0.39 is 35.2 Å². The van der Waals surface area contributed by atoms with Crippen LogP contribution >= 0.6 is 0 Å². The molecule has 5 N–H and O–H groups in total. The van der Waals surface area contributed by atoms with E-state index in [1.54, 1.807) is 6.92 Å². The van der Waals surface area contributed by atoms with Crippen molar-refractivity contribution in [1.82, 2.24) is 20.9 Å². The molecular formula is C40H83N5O5. The standard InChI is InChI=1S/C29H50N4O5.2C3H8.2C2H6.CH5N/c1-7-22(25(36)30-21(23(35)19-34)18-20-14-13-15-20)33(9-3)26(37)24(28(4,5)8-2)31-27(38)32-29(6)16-11-10-12-17-29;2*1-3-2;3*1-2/h19-22,24H,7-18H2,1-6H3,(H,30,36)(H2,31,32,38);2*3H2,1-2H3;2*1-2H3;2H2,1H3. The largest absolute Gasteiger partial charge is 0.344 e. The lowest BCUT2D eigenvalue weighted by atomic mass is 9.80. The third-order valence-electron chi connectivity index (χ3n) is 8.85. The molecule has 298 valence electrons. The molecular weight excluding hydrogens is 630 g/mol. The molecule has 2 rings (SSSR count). The van der Waals surface area contributed by atoms with Crippen LogP contribution in [0.2, 0.25) is 0 Å². The Balaban J connectivity index is -0.000000781. The van der Waals surface area contributed by atoms with E-state index in [-0.39, 0.29) is 30.3 Å². The zero-order chi connectivity index (χ0) is 39.9. The molecule has 0 aromatic rings. The molecule has 0 aromatic heterocycles. The number of likely N-dealkylation sites (N-methyl/N-ethyl adjacent to an activating group) is 1. The first kappa shape index (κ1) is 54.3. The quantitative estimate of drug-likeness (QED) is 0.105. The molecule has 0 spiro atoms. The van der Waals surface area contributed by atoms with Gasteiger partial charge in [-0.3, -0.25) is 19.2 Å². The van der Waals surface area contributed by atoms with Gasteiger partial charge >= 0.3 is 6.03 Å². The van der Waals surface area contributed by atoms with Crippen LogP contribution in [0.15, 0.2) is 0 Å². The third-order valence-corrected chi connectivity index (χ3v) is 8.85. The first-order valence-electron chi connectivity index (χ1n) is 20.0. The number of ketones is 1. The topological polar surface area (TPSA) is 151 Å². The van der Waals surface area contributed by atoms with Crippen LogP contribution in [0.5, 0.6) is 0 Å². The predicted molar refractivity (Wildman–Crippen MR) is 212 cm³/mol. The molecule has 10 nitrogen and oxygen atoms in total. The maximum atomic E-state index is 14.0. The van der Waals surface area contributed by atoms with E-state index >= 15 is 0 Å². The lowest BCUT2D eigenvalue weighted by Gasteiger charge is -2.40. The van der Waals surface area contributed by atoms with Gasteiger partial charge in [0.05, 0.1) is 6.04 Å². The van der Waals surface area contributed by atoms with Gasteiger partial charge in [0, 0.05) is 12.1 Å². The maximum absolute atomic E-state index is 14.0. The number of aldehydes is 1. The Bertz CT molecular complexity index is 883. The van der Waals surface area contributed by atoms with Gasteiger partial charge in [-0.05, 0) is 64.3 Å². The van der Waals surface area contributed by atoms with Crippen LogP contribution in [-0.2, 0) is 19.2 Å². The van der Waals surface area contributed by atoms with Crippen molar-refractivity contribution in [3.63, 3.8) is 0 Å². The van der Waals surface area contributed by atoms with Gasteiger partial charge in [0.1, 0.15) is 12.1 Å². The molecule has 2 fully saturated rings. The van der Waals surface area contributed by atoms with E-state index in [4.69, 9.17) is 0 Å². The number of nitrogens with one attached hydrogen (secondary N) is 3. The van der Waals surface area contributed by atoms with Crippen molar-refractivity contribution in [3.8, 4) is 0 Å². The molecule has 0 saturated heterocycles. The minimum atomic E-state index is -0.879. The number of rotatable bonds is 14. The van der Waals surface area contributed by atoms with Crippen molar-refractivity contribution < 1.29 is 24.0 Å². The minimum absolute atomic E-state index is 0.261. The average Bonchev–Trinajstić information content (AvgIpc) is 3.09. The summed E-state index contributed by atoms with van der Waals surface area (Å²) < 4.78 is 0. The van der Waals surface area contributed by atoms with Gasteiger partial charge in [0.2, 0.25) is 17.6 Å². The number of Topliss-reactive ketones (excluding diaryl/α,β-unsaturated/α-hetero) is 1. The van der Waals surface area contributed by atoms with Crippen LogP contribution in [0.3, 0.4) is 0 Å². The van der Waals surface area contributed by atoms with Crippen LogP contribution in [-0.4, -0.2) is 72.1 Å². The molecule has 4 amide bonds. The first-order valence-corrected chi connectivity index (χ1v) is 20.0. The second-order valence-corrected chi connectivity index (χ2v) is 13.6. The van der Waals surface area contributed by atoms with Gasteiger partial charge in [0.25, 0.3) is 0 Å². The van der Waals surface area contributed by atoms with Crippen molar-refractivity contribution in [1.29, 1.82) is 0 Å².